The molecule has 30 heavy (non-hydrogen) atoms. The summed E-state index contributed by atoms with van der Waals surface area (Å²) in [4.78, 5) is 13.4. The van der Waals surface area contributed by atoms with Crippen molar-refractivity contribution in [3.63, 3.8) is 0 Å². The lowest BCUT2D eigenvalue weighted by Gasteiger charge is -2.63. The molecule has 0 aromatic carbocycles. The van der Waals surface area contributed by atoms with Crippen molar-refractivity contribution in [3.8, 4) is 0 Å². The SMILES string of the molecule is N[C@@](C(=O)O)(C1CCCCC1)C(C1CCCCC1)(C1CCCCC1)C1CCCCC1. The van der Waals surface area contributed by atoms with E-state index in [0.717, 1.165) is 12.8 Å². The van der Waals surface area contributed by atoms with Crippen LogP contribution in [-0.4, -0.2) is 16.6 Å². The minimum atomic E-state index is -1.03. The van der Waals surface area contributed by atoms with Gasteiger partial charge in [0.2, 0.25) is 0 Å². The second-order valence-electron chi connectivity index (χ2n) is 11.4. The maximum Gasteiger partial charge on any atom is 0.324 e. The van der Waals surface area contributed by atoms with E-state index >= 15 is 0 Å². The minimum Gasteiger partial charge on any atom is -0.480 e. The summed E-state index contributed by atoms with van der Waals surface area (Å²) < 4.78 is 0. The summed E-state index contributed by atoms with van der Waals surface area (Å²) in [5, 5.41) is 11.0. The molecule has 172 valence electrons. The van der Waals surface area contributed by atoms with Gasteiger partial charge in [0.25, 0.3) is 0 Å². The Bertz CT molecular complexity index is 506. The quantitative estimate of drug-likeness (QED) is 0.485. The minimum absolute atomic E-state index is 0.175. The molecule has 0 radical (unpaired) electrons. The predicted octanol–water partition coefficient (Wildman–Crippen LogP) is 7.08. The molecule has 0 amide bonds. The van der Waals surface area contributed by atoms with E-state index in [-0.39, 0.29) is 11.3 Å². The molecule has 3 N–H and O–H groups in total. The van der Waals surface area contributed by atoms with Gasteiger partial charge in [-0.25, -0.2) is 0 Å². The number of hydrogen-bond acceptors (Lipinski definition) is 2. The largest absolute Gasteiger partial charge is 0.480 e. The van der Waals surface area contributed by atoms with Crippen molar-refractivity contribution in [1.82, 2.24) is 0 Å². The Morgan fingerprint density at radius 1 is 0.533 bits per heavy atom. The van der Waals surface area contributed by atoms with Crippen molar-refractivity contribution in [2.45, 2.75) is 134 Å². The van der Waals surface area contributed by atoms with E-state index in [2.05, 4.69) is 0 Å². The Morgan fingerprint density at radius 2 is 0.800 bits per heavy atom. The highest BCUT2D eigenvalue weighted by atomic mass is 16.4. The molecule has 0 aromatic heterocycles. The van der Waals surface area contributed by atoms with Crippen LogP contribution in [0.1, 0.15) is 128 Å². The topological polar surface area (TPSA) is 63.3 Å². The second-order valence-corrected chi connectivity index (χ2v) is 11.4. The van der Waals surface area contributed by atoms with Gasteiger partial charge in [0.15, 0.2) is 0 Å². The molecule has 4 rings (SSSR count). The first-order chi connectivity index (χ1) is 14.6. The fraction of sp³-hybridized carbons (Fsp3) is 0.963. The average molecular weight is 418 g/mol. The highest BCUT2D eigenvalue weighted by Gasteiger charge is 2.66. The van der Waals surface area contributed by atoms with Crippen molar-refractivity contribution < 1.29 is 9.90 Å². The van der Waals surface area contributed by atoms with Gasteiger partial charge in [0.05, 0.1) is 0 Å². The van der Waals surface area contributed by atoms with Crippen LogP contribution in [0.4, 0.5) is 0 Å². The first kappa shape index (κ1) is 22.6. The standard InChI is InChI=1S/C27H47NO2/c28-27(25(29)30,24-19-11-4-12-20-24)26(21-13-5-1-6-14-21,22-15-7-2-8-16-22)23-17-9-3-10-18-23/h21-24H,1-20,28H2,(H,29,30)/t27-/m1/s1. The first-order valence-electron chi connectivity index (χ1n) is 13.6. The Morgan fingerprint density at radius 3 is 1.07 bits per heavy atom. The summed E-state index contributed by atoms with van der Waals surface area (Å²) in [6, 6.07) is 0. The average Bonchev–Trinajstić information content (AvgIpc) is 2.82. The Kier molecular flexibility index (Phi) is 7.48. The zero-order valence-corrected chi connectivity index (χ0v) is 19.4. The van der Waals surface area contributed by atoms with Crippen LogP contribution >= 0.6 is 0 Å². The number of carboxylic acid groups (broad SMARTS) is 1. The first-order valence-corrected chi connectivity index (χ1v) is 13.6. The summed E-state index contributed by atoms with van der Waals surface area (Å²) in [5.74, 6) is 1.12. The molecule has 0 spiro atoms. The molecular weight excluding hydrogens is 370 g/mol. The lowest BCUT2D eigenvalue weighted by molar-refractivity contribution is -0.178. The van der Waals surface area contributed by atoms with Crippen molar-refractivity contribution in [2.24, 2.45) is 34.8 Å². The van der Waals surface area contributed by atoms with Gasteiger partial charge in [-0.1, -0.05) is 77.0 Å². The molecule has 1 atom stereocenters. The van der Waals surface area contributed by atoms with Gasteiger partial charge < -0.3 is 10.8 Å². The van der Waals surface area contributed by atoms with Gasteiger partial charge >= 0.3 is 5.97 Å². The fourth-order valence-corrected chi connectivity index (χ4v) is 9.03. The molecule has 4 saturated carbocycles. The summed E-state index contributed by atoms with van der Waals surface area (Å²) in [5.41, 5.74) is 6.28. The van der Waals surface area contributed by atoms with Crippen molar-refractivity contribution in [2.75, 3.05) is 0 Å². The molecule has 4 fully saturated rings. The van der Waals surface area contributed by atoms with Gasteiger partial charge in [-0.2, -0.15) is 0 Å². The summed E-state index contributed by atoms with van der Waals surface area (Å²) in [6.07, 6.45) is 24.7. The molecule has 3 nitrogen and oxygen atoms in total. The lowest BCUT2D eigenvalue weighted by atomic mass is 9.42. The summed E-state index contributed by atoms with van der Waals surface area (Å²) >= 11 is 0. The van der Waals surface area contributed by atoms with E-state index in [9.17, 15) is 9.90 Å². The molecule has 3 heteroatoms. The van der Waals surface area contributed by atoms with Crippen LogP contribution in [0.25, 0.3) is 0 Å². The van der Waals surface area contributed by atoms with Crippen LogP contribution in [-0.2, 0) is 4.79 Å². The Labute approximate surface area is 185 Å². The van der Waals surface area contributed by atoms with Gasteiger partial charge in [-0.15, -0.1) is 0 Å². The molecule has 0 bridgehead atoms. The smallest absolute Gasteiger partial charge is 0.324 e. The van der Waals surface area contributed by atoms with Gasteiger partial charge in [-0.05, 0) is 75.0 Å². The predicted molar refractivity (Wildman–Crippen MR) is 123 cm³/mol. The van der Waals surface area contributed by atoms with E-state index in [1.54, 1.807) is 0 Å². The van der Waals surface area contributed by atoms with Crippen LogP contribution < -0.4 is 5.73 Å². The van der Waals surface area contributed by atoms with Crippen LogP contribution in [0.3, 0.4) is 0 Å². The highest BCUT2D eigenvalue weighted by Crippen LogP contribution is 2.63. The summed E-state index contributed by atoms with van der Waals surface area (Å²) in [7, 11) is 0. The van der Waals surface area contributed by atoms with Crippen molar-refractivity contribution >= 4 is 5.97 Å². The van der Waals surface area contributed by atoms with Crippen LogP contribution in [0.15, 0.2) is 0 Å². The monoisotopic (exact) mass is 417 g/mol. The van der Waals surface area contributed by atoms with E-state index in [0.29, 0.717) is 17.8 Å². The lowest BCUT2D eigenvalue weighted by Crippen LogP contribution is -2.73. The van der Waals surface area contributed by atoms with Crippen LogP contribution in [0.2, 0.25) is 0 Å². The van der Waals surface area contributed by atoms with Crippen LogP contribution in [0, 0.1) is 29.1 Å². The number of carbonyl (C=O) groups is 1. The zero-order chi connectivity index (χ0) is 21.0. The zero-order valence-electron chi connectivity index (χ0n) is 19.4. The molecule has 4 aliphatic carbocycles. The number of nitrogens with two attached hydrogens (primary N) is 1. The molecule has 4 aliphatic rings. The highest BCUT2D eigenvalue weighted by molar-refractivity contribution is 5.81. The second kappa shape index (κ2) is 9.92. The summed E-state index contributed by atoms with van der Waals surface area (Å²) in [6.45, 7) is 0. The third-order valence-corrected chi connectivity index (χ3v) is 10.2. The fourth-order valence-electron chi connectivity index (χ4n) is 9.03. The third-order valence-electron chi connectivity index (χ3n) is 10.2. The molecular formula is C27H47NO2. The molecule has 0 aliphatic heterocycles. The van der Waals surface area contributed by atoms with E-state index in [4.69, 9.17) is 5.73 Å². The number of carboxylic acids is 1. The maximum atomic E-state index is 13.4. The van der Waals surface area contributed by atoms with E-state index in [1.807, 2.05) is 0 Å². The molecule has 0 aromatic rings. The van der Waals surface area contributed by atoms with Gasteiger partial charge in [0.1, 0.15) is 5.54 Å². The Hall–Kier alpha value is -0.570. The third kappa shape index (κ3) is 3.86. The number of aliphatic carboxylic acids is 1. The normalized spacial score (nSPS) is 28.8. The van der Waals surface area contributed by atoms with E-state index < -0.39 is 11.5 Å². The number of hydrogen-bond donors (Lipinski definition) is 2. The number of rotatable bonds is 6. The molecule has 0 unspecified atom stereocenters. The molecule has 0 saturated heterocycles. The Balaban J connectivity index is 1.86. The van der Waals surface area contributed by atoms with Crippen molar-refractivity contribution in [1.29, 1.82) is 0 Å². The molecule has 0 heterocycles. The van der Waals surface area contributed by atoms with E-state index in [1.165, 1.54) is 116 Å². The van der Waals surface area contributed by atoms with Crippen molar-refractivity contribution in [3.05, 3.63) is 0 Å². The van der Waals surface area contributed by atoms with Gasteiger partial charge in [0, 0.05) is 5.41 Å². The van der Waals surface area contributed by atoms with Crippen LogP contribution in [0.5, 0.6) is 0 Å². The van der Waals surface area contributed by atoms with Gasteiger partial charge in [-0.3, -0.25) is 4.79 Å². The maximum absolute atomic E-state index is 13.4.